The zero-order valence-electron chi connectivity index (χ0n) is 8.74. The van der Waals surface area contributed by atoms with Gasteiger partial charge in [-0.05, 0) is 33.6 Å². The lowest BCUT2D eigenvalue weighted by atomic mass is 10.1. The monoisotopic (exact) mass is 363 g/mol. The Morgan fingerprint density at radius 1 is 1.28 bits per heavy atom. The van der Waals surface area contributed by atoms with Crippen LogP contribution in [0.5, 0.6) is 0 Å². The first-order valence-corrected chi connectivity index (χ1v) is 6.21. The molecule has 0 atom stereocenters. The third-order valence-corrected chi connectivity index (χ3v) is 3.80. The average molecular weight is 365 g/mol. The highest BCUT2D eigenvalue weighted by Gasteiger charge is 2.27. The number of carbonyl (C=O) groups excluding carboxylic acids is 1. The molecule has 0 aromatic heterocycles. The molecular weight excluding hydrogens is 358 g/mol. The number of halogens is 6. The Morgan fingerprint density at radius 2 is 1.78 bits per heavy atom. The largest absolute Gasteiger partial charge is 0.405 e. The molecule has 0 unspecified atom stereocenters. The molecule has 0 aliphatic heterocycles. The van der Waals surface area contributed by atoms with Crippen molar-refractivity contribution < 1.29 is 18.0 Å². The van der Waals surface area contributed by atoms with Crippen molar-refractivity contribution in [2.24, 2.45) is 0 Å². The fourth-order valence-corrected chi connectivity index (χ4v) is 1.92. The summed E-state index contributed by atoms with van der Waals surface area (Å²) in [5.74, 6) is -0.748. The fourth-order valence-electron chi connectivity index (χ4n) is 1.16. The Balaban J connectivity index is 2.65. The second kappa shape index (κ2) is 6.12. The maximum Gasteiger partial charge on any atom is 0.405 e. The van der Waals surface area contributed by atoms with E-state index >= 15 is 0 Å². The van der Waals surface area contributed by atoms with Crippen molar-refractivity contribution in [2.45, 2.75) is 12.6 Å². The predicted octanol–water partition coefficient (Wildman–Crippen LogP) is 3.98. The highest BCUT2D eigenvalue weighted by Crippen LogP contribution is 2.31. The second-order valence-electron chi connectivity index (χ2n) is 3.44. The van der Waals surface area contributed by atoms with Gasteiger partial charge >= 0.3 is 6.18 Å². The number of hydrogen-bond donors (Lipinski definition) is 1. The molecule has 8 heteroatoms. The van der Waals surface area contributed by atoms with Gasteiger partial charge in [-0.25, -0.2) is 0 Å². The maximum absolute atomic E-state index is 11.9. The second-order valence-corrected chi connectivity index (χ2v) is 5.05. The van der Waals surface area contributed by atoms with E-state index in [0.717, 1.165) is 0 Å². The molecule has 0 radical (unpaired) electrons. The van der Waals surface area contributed by atoms with Crippen LogP contribution < -0.4 is 5.32 Å². The smallest absolute Gasteiger partial charge is 0.347 e. The van der Waals surface area contributed by atoms with Crippen LogP contribution in [-0.2, 0) is 11.2 Å². The quantitative estimate of drug-likeness (QED) is 0.807. The molecule has 0 fully saturated rings. The minimum Gasteiger partial charge on any atom is -0.347 e. The number of nitrogens with one attached hydrogen (secondary N) is 1. The Kier molecular flexibility index (Phi) is 5.31. The molecule has 0 spiro atoms. The minimum absolute atomic E-state index is 0.219. The van der Waals surface area contributed by atoms with Gasteiger partial charge in [0, 0.05) is 0 Å². The van der Waals surface area contributed by atoms with Crippen molar-refractivity contribution in [3.05, 3.63) is 32.2 Å². The summed E-state index contributed by atoms with van der Waals surface area (Å²) in [7, 11) is 0. The molecule has 1 amide bonds. The Hall–Kier alpha value is -0.460. The van der Waals surface area contributed by atoms with Crippen molar-refractivity contribution in [3.63, 3.8) is 0 Å². The molecule has 100 valence electrons. The van der Waals surface area contributed by atoms with Crippen LogP contribution in [0.2, 0.25) is 10.0 Å². The van der Waals surface area contributed by atoms with Gasteiger partial charge in [0.05, 0.1) is 20.9 Å². The lowest BCUT2D eigenvalue weighted by molar-refractivity contribution is -0.138. The Morgan fingerprint density at radius 3 is 2.22 bits per heavy atom. The predicted molar refractivity (Wildman–Crippen MR) is 66.9 cm³/mol. The van der Waals surface area contributed by atoms with Gasteiger partial charge in [0.2, 0.25) is 5.91 Å². The summed E-state index contributed by atoms with van der Waals surface area (Å²) in [5.41, 5.74) is 0.438. The number of amides is 1. The Labute approximate surface area is 120 Å². The van der Waals surface area contributed by atoms with Gasteiger partial charge < -0.3 is 5.32 Å². The maximum atomic E-state index is 11.9. The standard InChI is InChI=1S/C10H7BrCl2F3NO/c11-9-6(12)1-5(2-7(9)13)3-8(18)17-4-10(14,15)16/h1-2H,3-4H2,(H,17,18). The highest BCUT2D eigenvalue weighted by atomic mass is 79.9. The number of carbonyl (C=O) groups is 1. The van der Waals surface area contributed by atoms with E-state index in [-0.39, 0.29) is 6.42 Å². The SMILES string of the molecule is O=C(Cc1cc(Cl)c(Br)c(Cl)c1)NCC(F)(F)F. The summed E-state index contributed by atoms with van der Waals surface area (Å²) >= 11 is 14.7. The minimum atomic E-state index is -4.43. The summed E-state index contributed by atoms with van der Waals surface area (Å²) in [6, 6.07) is 2.93. The molecular formula is C10H7BrCl2F3NO. The van der Waals surface area contributed by atoms with Gasteiger partial charge in [-0.3, -0.25) is 4.79 Å². The first kappa shape index (κ1) is 15.6. The lowest BCUT2D eigenvalue weighted by Crippen LogP contribution is -2.34. The van der Waals surface area contributed by atoms with E-state index in [9.17, 15) is 18.0 Å². The van der Waals surface area contributed by atoms with Crippen molar-refractivity contribution in [1.82, 2.24) is 5.32 Å². The summed E-state index contributed by atoms with van der Waals surface area (Å²) in [4.78, 5) is 11.3. The number of benzene rings is 1. The number of alkyl halides is 3. The third-order valence-electron chi connectivity index (χ3n) is 1.89. The van der Waals surface area contributed by atoms with Crippen molar-refractivity contribution in [3.8, 4) is 0 Å². The molecule has 1 N–H and O–H groups in total. The van der Waals surface area contributed by atoms with E-state index in [1.807, 2.05) is 0 Å². The van der Waals surface area contributed by atoms with Crippen molar-refractivity contribution in [1.29, 1.82) is 0 Å². The molecule has 0 saturated heterocycles. The van der Waals surface area contributed by atoms with Gasteiger partial charge in [0.1, 0.15) is 6.54 Å². The van der Waals surface area contributed by atoms with Crippen LogP contribution in [0.15, 0.2) is 16.6 Å². The lowest BCUT2D eigenvalue weighted by Gasteiger charge is -2.09. The summed E-state index contributed by atoms with van der Waals surface area (Å²) in [5, 5.41) is 2.35. The highest BCUT2D eigenvalue weighted by molar-refractivity contribution is 9.10. The summed E-state index contributed by atoms with van der Waals surface area (Å²) in [6.07, 6.45) is -4.65. The van der Waals surface area contributed by atoms with Crippen LogP contribution >= 0.6 is 39.1 Å². The molecule has 0 heterocycles. The zero-order chi connectivity index (χ0) is 13.9. The van der Waals surface area contributed by atoms with E-state index in [2.05, 4.69) is 15.9 Å². The van der Waals surface area contributed by atoms with E-state index < -0.39 is 18.6 Å². The normalized spacial score (nSPS) is 11.4. The van der Waals surface area contributed by atoms with Gasteiger partial charge in [-0.15, -0.1) is 0 Å². The van der Waals surface area contributed by atoms with Crippen LogP contribution in [-0.4, -0.2) is 18.6 Å². The van der Waals surface area contributed by atoms with Crippen LogP contribution in [0.4, 0.5) is 13.2 Å². The zero-order valence-corrected chi connectivity index (χ0v) is 11.8. The first-order chi connectivity index (χ1) is 8.19. The molecule has 0 aliphatic rings. The van der Waals surface area contributed by atoms with E-state index in [0.29, 0.717) is 20.1 Å². The van der Waals surface area contributed by atoms with Gasteiger partial charge in [-0.2, -0.15) is 13.2 Å². The molecule has 0 aliphatic carbocycles. The van der Waals surface area contributed by atoms with E-state index in [1.165, 1.54) is 12.1 Å². The van der Waals surface area contributed by atoms with Crippen LogP contribution in [0, 0.1) is 0 Å². The molecule has 18 heavy (non-hydrogen) atoms. The number of hydrogen-bond acceptors (Lipinski definition) is 1. The van der Waals surface area contributed by atoms with Gasteiger partial charge in [-0.1, -0.05) is 23.2 Å². The van der Waals surface area contributed by atoms with Crippen LogP contribution in [0.1, 0.15) is 5.56 Å². The molecule has 1 aromatic rings. The molecule has 2 nitrogen and oxygen atoms in total. The number of rotatable bonds is 3. The summed E-state index contributed by atoms with van der Waals surface area (Å²) in [6.45, 7) is -1.36. The van der Waals surface area contributed by atoms with Gasteiger partial charge in [0.25, 0.3) is 0 Å². The topological polar surface area (TPSA) is 29.1 Å². The van der Waals surface area contributed by atoms with Crippen LogP contribution in [0.3, 0.4) is 0 Å². The third kappa shape index (κ3) is 5.04. The molecule has 1 rings (SSSR count). The van der Waals surface area contributed by atoms with Crippen molar-refractivity contribution in [2.75, 3.05) is 6.54 Å². The summed E-state index contributed by atoms with van der Waals surface area (Å²) < 4.78 is 36.1. The van der Waals surface area contributed by atoms with Gasteiger partial charge in [0.15, 0.2) is 0 Å². The molecule has 0 bridgehead atoms. The average Bonchev–Trinajstić information content (AvgIpc) is 2.22. The first-order valence-electron chi connectivity index (χ1n) is 4.66. The Bertz CT molecular complexity index is 442. The van der Waals surface area contributed by atoms with Crippen molar-refractivity contribution >= 4 is 45.0 Å². The molecule has 1 aromatic carbocycles. The fraction of sp³-hybridized carbons (Fsp3) is 0.300. The van der Waals surface area contributed by atoms with Crippen LogP contribution in [0.25, 0.3) is 0 Å². The molecule has 0 saturated carbocycles. The van der Waals surface area contributed by atoms with E-state index in [1.54, 1.807) is 5.32 Å². The van der Waals surface area contributed by atoms with E-state index in [4.69, 9.17) is 23.2 Å².